The van der Waals surface area contributed by atoms with Crippen LogP contribution in [0, 0.1) is 0 Å². The number of aromatic hydroxyl groups is 1. The minimum absolute atomic E-state index is 0.0131. The molecule has 2 saturated heterocycles. The van der Waals surface area contributed by atoms with Crippen LogP contribution >= 0.6 is 0 Å². The zero-order valence-corrected chi connectivity index (χ0v) is 17.9. The highest BCUT2D eigenvalue weighted by molar-refractivity contribution is 5.72. The molecule has 2 aromatic heterocycles. The summed E-state index contributed by atoms with van der Waals surface area (Å²) in [6, 6.07) is 6.52. The largest absolute Gasteiger partial charge is 0.507 e. The van der Waals surface area contributed by atoms with Crippen molar-refractivity contribution in [2.75, 3.05) is 11.9 Å². The van der Waals surface area contributed by atoms with Gasteiger partial charge in [0.2, 0.25) is 0 Å². The van der Waals surface area contributed by atoms with Crippen LogP contribution in [0.4, 0.5) is 10.2 Å². The van der Waals surface area contributed by atoms with E-state index in [-0.39, 0.29) is 23.4 Å². The number of hydrogen-bond acceptors (Lipinski definition) is 7. The summed E-state index contributed by atoms with van der Waals surface area (Å²) in [5.74, 6) is 0.613. The van der Waals surface area contributed by atoms with Crippen LogP contribution in [0.1, 0.15) is 19.3 Å². The molecular weight excluding hydrogens is 411 g/mol. The number of nitrogens with one attached hydrogen (secondary N) is 1. The highest BCUT2D eigenvalue weighted by atomic mass is 19.1. The van der Waals surface area contributed by atoms with Crippen molar-refractivity contribution in [3.8, 4) is 28.3 Å². The van der Waals surface area contributed by atoms with Gasteiger partial charge in [0, 0.05) is 43.4 Å². The van der Waals surface area contributed by atoms with Crippen molar-refractivity contribution < 1.29 is 9.50 Å². The minimum atomic E-state index is -0.944. The fourth-order valence-electron chi connectivity index (χ4n) is 4.69. The Labute approximate surface area is 184 Å². The maximum atomic E-state index is 14.9. The molecule has 2 unspecified atom stereocenters. The molecule has 4 atom stereocenters. The molecule has 0 aliphatic carbocycles. The van der Waals surface area contributed by atoms with Crippen molar-refractivity contribution in [3.63, 3.8) is 0 Å². The first-order chi connectivity index (χ1) is 15.4. The first kappa shape index (κ1) is 20.6. The molecule has 1 aromatic carbocycles. The third-order valence-corrected chi connectivity index (χ3v) is 6.60. The molecule has 0 radical (unpaired) electrons. The van der Waals surface area contributed by atoms with Gasteiger partial charge < -0.3 is 19.9 Å². The van der Waals surface area contributed by atoms with Crippen molar-refractivity contribution >= 4 is 5.82 Å². The van der Waals surface area contributed by atoms with Crippen molar-refractivity contribution in [1.82, 2.24) is 24.8 Å². The van der Waals surface area contributed by atoms with E-state index in [1.54, 1.807) is 37.6 Å². The van der Waals surface area contributed by atoms with E-state index < -0.39 is 6.17 Å². The third-order valence-electron chi connectivity index (χ3n) is 6.60. The van der Waals surface area contributed by atoms with Crippen molar-refractivity contribution in [3.05, 3.63) is 53.3 Å². The van der Waals surface area contributed by atoms with Gasteiger partial charge in [-0.2, -0.15) is 0 Å². The van der Waals surface area contributed by atoms with E-state index in [4.69, 9.17) is 0 Å². The smallest absolute Gasteiger partial charge is 0.253 e. The number of anilines is 1. The predicted octanol–water partition coefficient (Wildman–Crippen LogP) is 2.28. The van der Waals surface area contributed by atoms with Gasteiger partial charge in [0.25, 0.3) is 5.56 Å². The highest BCUT2D eigenvalue weighted by Gasteiger charge is 2.43. The molecule has 2 fully saturated rings. The standard InChI is InChI=1S/C23H25FN6O2/c1-29-12-27-17(9-22(29)32)13-3-5-15(20(31)7-13)18-10-26-21(11-25-18)30(2)19-8-14-4-6-16(28-14)23(19)24/h3,5,7,9-12,14,16,19,23,28,31H,4,6,8H2,1-2H3/t14?,16?,19-,23+/m1/s1. The summed E-state index contributed by atoms with van der Waals surface area (Å²) in [6.45, 7) is 0. The molecule has 0 amide bonds. The van der Waals surface area contributed by atoms with Gasteiger partial charge in [0.1, 0.15) is 17.7 Å². The summed E-state index contributed by atoms with van der Waals surface area (Å²) < 4.78 is 16.3. The first-order valence-electron chi connectivity index (χ1n) is 10.7. The fraction of sp³-hybridized carbons (Fsp3) is 0.391. The Bertz CT molecular complexity index is 1200. The topological polar surface area (TPSA) is 96.2 Å². The number of piperidine rings is 1. The zero-order valence-electron chi connectivity index (χ0n) is 17.9. The van der Waals surface area contributed by atoms with Gasteiger partial charge in [-0.1, -0.05) is 6.07 Å². The van der Waals surface area contributed by atoms with E-state index in [0.29, 0.717) is 34.4 Å². The van der Waals surface area contributed by atoms with E-state index in [2.05, 4.69) is 20.3 Å². The van der Waals surface area contributed by atoms with E-state index in [1.165, 1.54) is 17.0 Å². The molecule has 2 bridgehead atoms. The van der Waals surface area contributed by atoms with Crippen LogP contribution in [0.5, 0.6) is 5.75 Å². The van der Waals surface area contributed by atoms with Crippen LogP contribution in [0.2, 0.25) is 0 Å². The van der Waals surface area contributed by atoms with Crippen LogP contribution in [0.25, 0.3) is 22.5 Å². The van der Waals surface area contributed by atoms with E-state index in [0.717, 1.165) is 19.3 Å². The number of rotatable bonds is 4. The van der Waals surface area contributed by atoms with Crippen LogP contribution in [-0.2, 0) is 7.05 Å². The molecule has 166 valence electrons. The van der Waals surface area contributed by atoms with Crippen molar-refractivity contribution in [2.24, 2.45) is 7.05 Å². The highest BCUT2D eigenvalue weighted by Crippen LogP contribution is 2.34. The van der Waals surface area contributed by atoms with Gasteiger partial charge in [0.15, 0.2) is 0 Å². The first-order valence-corrected chi connectivity index (χ1v) is 10.7. The van der Waals surface area contributed by atoms with Crippen LogP contribution in [0.15, 0.2) is 47.8 Å². The molecule has 5 rings (SSSR count). The van der Waals surface area contributed by atoms with E-state index in [9.17, 15) is 14.3 Å². The number of aryl methyl sites for hydroxylation is 1. The second-order valence-corrected chi connectivity index (χ2v) is 8.62. The Hall–Kier alpha value is -3.33. The molecule has 2 N–H and O–H groups in total. The maximum Gasteiger partial charge on any atom is 0.253 e. The molecule has 4 heterocycles. The summed E-state index contributed by atoms with van der Waals surface area (Å²) in [7, 11) is 3.48. The number of aromatic nitrogens is 4. The molecule has 3 aromatic rings. The summed E-state index contributed by atoms with van der Waals surface area (Å²) in [4.78, 5) is 26.9. The molecule has 0 spiro atoms. The zero-order chi connectivity index (χ0) is 22.4. The number of nitrogens with zero attached hydrogens (tertiary/aromatic N) is 5. The van der Waals surface area contributed by atoms with Crippen molar-refractivity contribution in [2.45, 2.75) is 43.6 Å². The van der Waals surface area contributed by atoms with Gasteiger partial charge >= 0.3 is 0 Å². The Kier molecular flexibility index (Phi) is 5.13. The monoisotopic (exact) mass is 436 g/mol. The third kappa shape index (κ3) is 3.62. The van der Waals surface area contributed by atoms with Crippen molar-refractivity contribution in [1.29, 1.82) is 0 Å². The van der Waals surface area contributed by atoms with Gasteiger partial charge in [-0.25, -0.2) is 14.4 Å². The molecule has 8 nitrogen and oxygen atoms in total. The van der Waals surface area contributed by atoms with Crippen LogP contribution in [0.3, 0.4) is 0 Å². The number of halogens is 1. The molecule has 0 saturated carbocycles. The number of benzene rings is 1. The van der Waals surface area contributed by atoms with Gasteiger partial charge in [-0.15, -0.1) is 0 Å². The lowest BCUT2D eigenvalue weighted by Crippen LogP contribution is -2.55. The Morgan fingerprint density at radius 1 is 1.16 bits per heavy atom. The summed E-state index contributed by atoms with van der Waals surface area (Å²) in [5.41, 5.74) is 1.95. The van der Waals surface area contributed by atoms with Crippen LogP contribution < -0.4 is 15.8 Å². The quantitative estimate of drug-likeness (QED) is 0.648. The molecular formula is C23H25FN6O2. The number of alkyl halides is 1. The lowest BCUT2D eigenvalue weighted by Gasteiger charge is -2.38. The molecule has 2 aliphatic rings. The maximum absolute atomic E-state index is 14.9. The SMILES string of the molecule is CN(c1cnc(-c2ccc(-c3cc(=O)n(C)cn3)cc2O)cn1)[C@@H]1CC2CCC(N2)[C@@H]1F. The molecule has 2 aliphatic heterocycles. The summed E-state index contributed by atoms with van der Waals surface area (Å²) in [6.07, 6.45) is 6.34. The lowest BCUT2D eigenvalue weighted by molar-refractivity contribution is 0.176. The number of fused-ring (bicyclic) bond motifs is 2. The van der Waals surface area contributed by atoms with Gasteiger partial charge in [0.05, 0.1) is 36.2 Å². The van der Waals surface area contributed by atoms with E-state index in [1.807, 2.05) is 11.9 Å². The number of phenolic OH excluding ortho intramolecular Hbond substituents is 1. The Balaban J connectivity index is 1.37. The average molecular weight is 436 g/mol. The number of hydrogen-bond donors (Lipinski definition) is 2. The Morgan fingerprint density at radius 3 is 2.72 bits per heavy atom. The molecule has 9 heteroatoms. The molecule has 32 heavy (non-hydrogen) atoms. The minimum Gasteiger partial charge on any atom is -0.507 e. The van der Waals surface area contributed by atoms with Gasteiger partial charge in [-0.05, 0) is 31.4 Å². The normalized spacial score (nSPS) is 24.5. The van der Waals surface area contributed by atoms with Gasteiger partial charge in [-0.3, -0.25) is 9.78 Å². The van der Waals surface area contributed by atoms with E-state index >= 15 is 0 Å². The second kappa shape index (κ2) is 7.98. The fourth-order valence-corrected chi connectivity index (χ4v) is 4.69. The summed E-state index contributed by atoms with van der Waals surface area (Å²) >= 11 is 0. The van der Waals surface area contributed by atoms with Crippen LogP contribution in [-0.4, -0.2) is 56.0 Å². The summed E-state index contributed by atoms with van der Waals surface area (Å²) in [5, 5.41) is 13.9. The lowest BCUT2D eigenvalue weighted by atomic mass is 9.96. The second-order valence-electron chi connectivity index (χ2n) is 8.62. The average Bonchev–Trinajstić information content (AvgIpc) is 3.21. The predicted molar refractivity (Wildman–Crippen MR) is 119 cm³/mol. The number of phenols is 1. The Morgan fingerprint density at radius 2 is 2.00 bits per heavy atom.